The Bertz CT molecular complexity index is 392. The number of hydrogen-bond donors (Lipinski definition) is 1. The zero-order valence-corrected chi connectivity index (χ0v) is 11.3. The van der Waals surface area contributed by atoms with Crippen LogP contribution in [0.3, 0.4) is 0 Å². The minimum absolute atomic E-state index is 0.246. The number of halogens is 2. The number of nitrogens with one attached hydrogen (secondary N) is 1. The van der Waals surface area contributed by atoms with Gasteiger partial charge in [0, 0.05) is 6.54 Å². The first-order valence-corrected chi connectivity index (χ1v) is 6.73. The van der Waals surface area contributed by atoms with E-state index in [2.05, 4.69) is 10.3 Å². The molecule has 1 N–H and O–H groups in total. The molecule has 17 heavy (non-hydrogen) atoms. The first kappa shape index (κ1) is 12.8. The topological polar surface area (TPSA) is 34.2 Å². The number of nitrogens with zero attached hydrogens (tertiary/aromatic N) is 1. The van der Waals surface area contributed by atoms with Gasteiger partial charge in [0.05, 0.1) is 5.02 Å². The summed E-state index contributed by atoms with van der Waals surface area (Å²) < 4.78 is 5.81. The van der Waals surface area contributed by atoms with Crippen LogP contribution in [0.25, 0.3) is 0 Å². The lowest BCUT2D eigenvalue weighted by Gasteiger charge is -2.15. The molecule has 0 aromatic carbocycles. The number of hydrogen-bond acceptors (Lipinski definition) is 3. The van der Waals surface area contributed by atoms with Crippen LogP contribution < -0.4 is 10.1 Å². The minimum atomic E-state index is 0.246. The fourth-order valence-electron chi connectivity index (χ4n) is 1.99. The molecule has 0 spiro atoms. The standard InChI is InChI=1S/C12H16Cl2N2O/c1-2-15-11-9(13)7-10(14)12(16-11)17-8-5-3-4-6-8/h7-8H,2-6H2,1H3,(H,15,16). The van der Waals surface area contributed by atoms with Gasteiger partial charge in [0.2, 0.25) is 5.88 Å². The third-order valence-corrected chi connectivity index (χ3v) is 3.38. The molecule has 1 aromatic rings. The van der Waals surface area contributed by atoms with Crippen molar-refractivity contribution in [1.82, 2.24) is 4.98 Å². The van der Waals surface area contributed by atoms with Crippen molar-refractivity contribution in [2.24, 2.45) is 0 Å². The third kappa shape index (κ3) is 3.17. The van der Waals surface area contributed by atoms with Crippen LogP contribution in [0.1, 0.15) is 32.6 Å². The van der Waals surface area contributed by atoms with Gasteiger partial charge >= 0.3 is 0 Å². The summed E-state index contributed by atoms with van der Waals surface area (Å²) in [4.78, 5) is 4.33. The molecule has 1 saturated carbocycles. The Kier molecular flexibility index (Phi) is 4.35. The summed E-state index contributed by atoms with van der Waals surface area (Å²) in [6, 6.07) is 1.68. The molecular formula is C12H16Cl2N2O. The largest absolute Gasteiger partial charge is 0.473 e. The molecule has 3 nitrogen and oxygen atoms in total. The van der Waals surface area contributed by atoms with Gasteiger partial charge in [-0.1, -0.05) is 23.2 Å². The molecule has 0 amide bonds. The smallest absolute Gasteiger partial charge is 0.234 e. The predicted octanol–water partition coefficient (Wildman–Crippen LogP) is 4.14. The van der Waals surface area contributed by atoms with E-state index in [0.717, 1.165) is 19.4 Å². The fourth-order valence-corrected chi connectivity index (χ4v) is 2.46. The van der Waals surface area contributed by atoms with Crippen molar-refractivity contribution in [2.75, 3.05) is 11.9 Å². The van der Waals surface area contributed by atoms with E-state index in [0.29, 0.717) is 21.7 Å². The van der Waals surface area contributed by atoms with Crippen molar-refractivity contribution in [3.05, 3.63) is 16.1 Å². The quantitative estimate of drug-likeness (QED) is 0.896. The van der Waals surface area contributed by atoms with Gasteiger partial charge in [0.15, 0.2) is 0 Å². The maximum absolute atomic E-state index is 6.08. The van der Waals surface area contributed by atoms with Gasteiger partial charge in [0.1, 0.15) is 16.9 Å². The fraction of sp³-hybridized carbons (Fsp3) is 0.583. The van der Waals surface area contributed by atoms with Crippen molar-refractivity contribution < 1.29 is 4.74 Å². The summed E-state index contributed by atoms with van der Waals surface area (Å²) >= 11 is 12.1. The molecule has 1 aliphatic carbocycles. The highest BCUT2D eigenvalue weighted by atomic mass is 35.5. The molecule has 0 aliphatic heterocycles. The van der Waals surface area contributed by atoms with Crippen molar-refractivity contribution in [2.45, 2.75) is 38.7 Å². The van der Waals surface area contributed by atoms with Crippen LogP contribution in [0.5, 0.6) is 5.88 Å². The monoisotopic (exact) mass is 274 g/mol. The van der Waals surface area contributed by atoms with Crippen molar-refractivity contribution in [3.8, 4) is 5.88 Å². The zero-order chi connectivity index (χ0) is 12.3. The van der Waals surface area contributed by atoms with Crippen LogP contribution >= 0.6 is 23.2 Å². The Labute approximate surface area is 111 Å². The molecule has 0 saturated heterocycles. The summed E-state index contributed by atoms with van der Waals surface area (Å²) in [7, 11) is 0. The lowest BCUT2D eigenvalue weighted by atomic mass is 10.3. The number of ether oxygens (including phenoxy) is 1. The van der Waals surface area contributed by atoms with Crippen LogP contribution in [0, 0.1) is 0 Å². The lowest BCUT2D eigenvalue weighted by molar-refractivity contribution is 0.202. The second kappa shape index (κ2) is 5.78. The molecule has 94 valence electrons. The molecule has 0 atom stereocenters. The Morgan fingerprint density at radius 2 is 2.06 bits per heavy atom. The maximum atomic E-state index is 6.08. The number of pyridine rings is 1. The van der Waals surface area contributed by atoms with Crippen LogP contribution in [0.15, 0.2) is 6.07 Å². The molecule has 1 heterocycles. The minimum Gasteiger partial charge on any atom is -0.473 e. The van der Waals surface area contributed by atoms with Crippen molar-refractivity contribution >= 4 is 29.0 Å². The van der Waals surface area contributed by atoms with E-state index < -0.39 is 0 Å². The van der Waals surface area contributed by atoms with E-state index in [4.69, 9.17) is 27.9 Å². The second-order valence-electron chi connectivity index (χ2n) is 4.16. The van der Waals surface area contributed by atoms with E-state index in [1.54, 1.807) is 6.07 Å². The molecule has 1 fully saturated rings. The van der Waals surface area contributed by atoms with Gasteiger partial charge in [-0.05, 0) is 38.7 Å². The molecule has 2 rings (SSSR count). The van der Waals surface area contributed by atoms with E-state index in [9.17, 15) is 0 Å². The number of rotatable bonds is 4. The normalized spacial score (nSPS) is 16.2. The molecular weight excluding hydrogens is 259 g/mol. The maximum Gasteiger partial charge on any atom is 0.234 e. The highest BCUT2D eigenvalue weighted by Crippen LogP contribution is 2.33. The van der Waals surface area contributed by atoms with Crippen LogP contribution in [-0.2, 0) is 0 Å². The van der Waals surface area contributed by atoms with Gasteiger partial charge < -0.3 is 10.1 Å². The van der Waals surface area contributed by atoms with Gasteiger partial charge in [-0.2, -0.15) is 4.98 Å². The molecule has 1 aliphatic rings. The van der Waals surface area contributed by atoms with E-state index >= 15 is 0 Å². The molecule has 5 heteroatoms. The van der Waals surface area contributed by atoms with E-state index in [1.807, 2.05) is 6.92 Å². The summed E-state index contributed by atoms with van der Waals surface area (Å²) in [5.74, 6) is 1.12. The second-order valence-corrected chi connectivity index (χ2v) is 4.97. The Balaban J connectivity index is 2.16. The predicted molar refractivity (Wildman–Crippen MR) is 71.3 cm³/mol. The molecule has 0 radical (unpaired) electrons. The highest BCUT2D eigenvalue weighted by Gasteiger charge is 2.19. The average molecular weight is 275 g/mol. The first-order valence-electron chi connectivity index (χ1n) is 5.97. The summed E-state index contributed by atoms with van der Waals surface area (Å²) in [5, 5.41) is 4.09. The SMILES string of the molecule is CCNc1nc(OC2CCCC2)c(Cl)cc1Cl. The summed E-state index contributed by atoms with van der Waals surface area (Å²) in [6.07, 6.45) is 4.84. The molecule has 0 bridgehead atoms. The number of anilines is 1. The van der Waals surface area contributed by atoms with E-state index in [-0.39, 0.29) is 6.10 Å². The molecule has 0 unspecified atom stereocenters. The summed E-state index contributed by atoms with van der Waals surface area (Å²) in [6.45, 7) is 2.75. The molecule has 1 aromatic heterocycles. The van der Waals surface area contributed by atoms with Crippen LogP contribution in [-0.4, -0.2) is 17.6 Å². The van der Waals surface area contributed by atoms with E-state index in [1.165, 1.54) is 12.8 Å². The van der Waals surface area contributed by atoms with Gasteiger partial charge in [-0.25, -0.2) is 0 Å². The van der Waals surface area contributed by atoms with Crippen molar-refractivity contribution in [1.29, 1.82) is 0 Å². The zero-order valence-electron chi connectivity index (χ0n) is 9.80. The Morgan fingerprint density at radius 1 is 1.35 bits per heavy atom. The van der Waals surface area contributed by atoms with Crippen molar-refractivity contribution in [3.63, 3.8) is 0 Å². The van der Waals surface area contributed by atoms with Gasteiger partial charge in [0.25, 0.3) is 0 Å². The average Bonchev–Trinajstić information content (AvgIpc) is 2.78. The first-order chi connectivity index (χ1) is 8.20. The van der Waals surface area contributed by atoms with Gasteiger partial charge in [-0.15, -0.1) is 0 Å². The lowest BCUT2D eigenvalue weighted by Crippen LogP contribution is -2.13. The van der Waals surface area contributed by atoms with Gasteiger partial charge in [-0.3, -0.25) is 0 Å². The Morgan fingerprint density at radius 3 is 2.71 bits per heavy atom. The third-order valence-electron chi connectivity index (χ3n) is 2.82. The van der Waals surface area contributed by atoms with Crippen LogP contribution in [0.4, 0.5) is 5.82 Å². The Hall–Kier alpha value is -0.670. The highest BCUT2D eigenvalue weighted by molar-refractivity contribution is 6.36. The summed E-state index contributed by atoms with van der Waals surface area (Å²) in [5.41, 5.74) is 0. The van der Waals surface area contributed by atoms with Crippen LogP contribution in [0.2, 0.25) is 10.0 Å². The number of aromatic nitrogens is 1.